The number of ether oxygens (including phenoxy) is 1. The van der Waals surface area contributed by atoms with E-state index in [1.54, 1.807) is 6.07 Å². The number of carboxylic acids is 1. The maximum absolute atomic E-state index is 12.8. The number of carbonyl (C=O) groups is 1. The van der Waals surface area contributed by atoms with Gasteiger partial charge in [-0.2, -0.15) is 0 Å². The Morgan fingerprint density at radius 2 is 1.73 bits per heavy atom. The summed E-state index contributed by atoms with van der Waals surface area (Å²) in [6, 6.07) is 10.4. The van der Waals surface area contributed by atoms with Crippen LogP contribution in [0.4, 0.5) is 5.69 Å². The van der Waals surface area contributed by atoms with Crippen molar-refractivity contribution in [1.82, 2.24) is 14.9 Å². The van der Waals surface area contributed by atoms with E-state index in [2.05, 4.69) is 46.8 Å². The van der Waals surface area contributed by atoms with E-state index < -0.39 is 17.7 Å². The highest BCUT2D eigenvalue weighted by molar-refractivity contribution is 6.32. The van der Waals surface area contributed by atoms with Crippen LogP contribution in [0, 0.1) is 19.3 Å². The zero-order valence-electron chi connectivity index (χ0n) is 26.9. The van der Waals surface area contributed by atoms with Crippen molar-refractivity contribution in [2.24, 2.45) is 5.41 Å². The summed E-state index contributed by atoms with van der Waals surface area (Å²) < 4.78 is 6.24. The smallest absolute Gasteiger partial charge is 0.337 e. The van der Waals surface area contributed by atoms with Crippen molar-refractivity contribution in [2.75, 3.05) is 24.5 Å². The molecular weight excluding hydrogens is 595 g/mol. The molecule has 0 radical (unpaired) electrons. The Hall–Kier alpha value is -2.71. The van der Waals surface area contributed by atoms with Crippen molar-refractivity contribution in [3.8, 4) is 11.1 Å². The number of hydrogen-bond acceptors (Lipinski definition) is 6. The van der Waals surface area contributed by atoms with Gasteiger partial charge in [-0.15, -0.1) is 0 Å². The second kappa shape index (κ2) is 12.6. The first-order valence-electron chi connectivity index (χ1n) is 15.4. The SMILES string of the molecule is Cc1nc(C)c(C(OC(C)(C)C)C(=O)O)c(N2CCC(C)(C)CC2)c1-c1ccc2c(c1)CCN(Cc1ccc(Cl)nc1Cl)C2. The number of piperidine rings is 1. The van der Waals surface area contributed by atoms with E-state index in [1.807, 2.05) is 40.7 Å². The first-order valence-corrected chi connectivity index (χ1v) is 16.2. The molecule has 3 aromatic rings. The summed E-state index contributed by atoms with van der Waals surface area (Å²) in [4.78, 5) is 26.7. The van der Waals surface area contributed by atoms with Crippen molar-refractivity contribution < 1.29 is 14.6 Å². The van der Waals surface area contributed by atoms with Gasteiger partial charge in [0.25, 0.3) is 0 Å². The Labute approximate surface area is 271 Å². The largest absolute Gasteiger partial charge is 0.479 e. The number of rotatable bonds is 7. The van der Waals surface area contributed by atoms with Gasteiger partial charge in [0.2, 0.25) is 0 Å². The summed E-state index contributed by atoms with van der Waals surface area (Å²) in [5.74, 6) is -1.00. The predicted octanol–water partition coefficient (Wildman–Crippen LogP) is 8.19. The number of halogens is 2. The standard InChI is InChI=1S/C35H44Cl2N4O3/c1-21-28(24-8-9-25-19-40(15-12-23(25)18-24)20-26-10-11-27(36)39-32(26)37)30(41-16-13-35(6,7)14-17-41)29(22(2)38-21)31(33(42)43)44-34(3,4)5/h8-11,18,31H,12-17,19-20H2,1-7H3,(H,42,43). The Bertz CT molecular complexity index is 1560. The molecule has 1 saturated heterocycles. The minimum atomic E-state index is -1.13. The van der Waals surface area contributed by atoms with Crippen LogP contribution in [0.3, 0.4) is 0 Å². The summed E-state index contributed by atoms with van der Waals surface area (Å²) in [5, 5.41) is 11.3. The topological polar surface area (TPSA) is 78.8 Å². The monoisotopic (exact) mass is 638 g/mol. The van der Waals surface area contributed by atoms with E-state index in [9.17, 15) is 9.90 Å². The summed E-state index contributed by atoms with van der Waals surface area (Å²) >= 11 is 12.4. The van der Waals surface area contributed by atoms with Gasteiger partial charge in [-0.1, -0.05) is 61.3 Å². The van der Waals surface area contributed by atoms with E-state index in [-0.39, 0.29) is 5.41 Å². The molecule has 1 unspecified atom stereocenters. The molecule has 9 heteroatoms. The molecule has 0 saturated carbocycles. The van der Waals surface area contributed by atoms with Crippen molar-refractivity contribution >= 4 is 34.9 Å². The fourth-order valence-corrected chi connectivity index (χ4v) is 6.86. The fourth-order valence-electron chi connectivity index (χ4n) is 6.46. The highest BCUT2D eigenvalue weighted by atomic mass is 35.5. The third-order valence-corrected chi connectivity index (χ3v) is 9.38. The van der Waals surface area contributed by atoms with Gasteiger partial charge < -0.3 is 14.7 Å². The molecule has 0 aliphatic carbocycles. The molecule has 1 aromatic carbocycles. The van der Waals surface area contributed by atoms with Gasteiger partial charge in [-0.05, 0) is 82.1 Å². The maximum Gasteiger partial charge on any atom is 0.337 e. The number of aryl methyl sites for hydroxylation is 2. The quantitative estimate of drug-likeness (QED) is 0.261. The molecular formula is C35H44Cl2N4O3. The van der Waals surface area contributed by atoms with E-state index in [1.165, 1.54) is 11.1 Å². The summed E-state index contributed by atoms with van der Waals surface area (Å²) in [5.41, 5.74) is 8.40. The molecule has 2 aliphatic heterocycles. The Morgan fingerprint density at radius 3 is 2.36 bits per heavy atom. The van der Waals surface area contributed by atoms with Crippen molar-refractivity contribution in [3.05, 3.63) is 74.3 Å². The first kappa shape index (κ1) is 32.7. The molecule has 5 rings (SSSR count). The maximum atomic E-state index is 12.8. The number of aliphatic carboxylic acids is 1. The average molecular weight is 640 g/mol. The molecule has 1 fully saturated rings. The Morgan fingerprint density at radius 1 is 1.02 bits per heavy atom. The summed E-state index contributed by atoms with van der Waals surface area (Å²) in [6.45, 7) is 18.3. The normalized spacial score (nSPS) is 17.8. The molecule has 44 heavy (non-hydrogen) atoms. The second-order valence-corrected chi connectivity index (χ2v) is 14.8. The van der Waals surface area contributed by atoms with E-state index in [0.717, 1.165) is 73.5 Å². The third-order valence-electron chi connectivity index (χ3n) is 8.84. The molecule has 4 heterocycles. The van der Waals surface area contributed by atoms with Gasteiger partial charge in [0, 0.05) is 60.8 Å². The highest BCUT2D eigenvalue weighted by Gasteiger charge is 2.36. The molecule has 0 bridgehead atoms. The number of aromatic nitrogens is 2. The van der Waals surface area contributed by atoms with Crippen LogP contribution in [-0.4, -0.2) is 51.2 Å². The molecule has 236 valence electrons. The lowest BCUT2D eigenvalue weighted by Gasteiger charge is -2.41. The number of fused-ring (bicyclic) bond motifs is 1. The van der Waals surface area contributed by atoms with Crippen molar-refractivity contribution in [3.63, 3.8) is 0 Å². The van der Waals surface area contributed by atoms with Gasteiger partial charge in [-0.25, -0.2) is 9.78 Å². The van der Waals surface area contributed by atoms with Crippen molar-refractivity contribution in [1.29, 1.82) is 0 Å². The summed E-state index contributed by atoms with van der Waals surface area (Å²) in [6.07, 6.45) is 1.81. The van der Waals surface area contributed by atoms with E-state index >= 15 is 0 Å². The van der Waals surface area contributed by atoms with Crippen molar-refractivity contribution in [2.45, 2.75) is 92.5 Å². The van der Waals surface area contributed by atoms with E-state index in [0.29, 0.717) is 28.1 Å². The number of anilines is 1. The minimum absolute atomic E-state index is 0.242. The predicted molar refractivity (Wildman–Crippen MR) is 178 cm³/mol. The number of nitrogens with zero attached hydrogens (tertiary/aromatic N) is 4. The molecule has 1 atom stereocenters. The van der Waals surface area contributed by atoms with Gasteiger partial charge >= 0.3 is 5.97 Å². The number of hydrogen-bond donors (Lipinski definition) is 1. The number of pyridine rings is 2. The van der Waals surface area contributed by atoms with Gasteiger partial charge in [0.1, 0.15) is 10.3 Å². The molecule has 2 aliphatic rings. The zero-order valence-corrected chi connectivity index (χ0v) is 28.4. The van der Waals surface area contributed by atoms with Gasteiger partial charge in [0.15, 0.2) is 6.10 Å². The molecule has 0 spiro atoms. The Balaban J connectivity index is 1.56. The van der Waals surface area contributed by atoms with Crippen LogP contribution in [0.15, 0.2) is 30.3 Å². The molecule has 0 amide bonds. The molecule has 2 aromatic heterocycles. The highest BCUT2D eigenvalue weighted by Crippen LogP contribution is 2.45. The number of benzene rings is 1. The zero-order chi connectivity index (χ0) is 32.0. The number of carboxylic acid groups (broad SMARTS) is 1. The lowest BCUT2D eigenvalue weighted by Crippen LogP contribution is -2.39. The molecule has 7 nitrogen and oxygen atoms in total. The summed E-state index contributed by atoms with van der Waals surface area (Å²) in [7, 11) is 0. The van der Waals surface area contributed by atoms with Gasteiger partial charge in [-0.3, -0.25) is 9.88 Å². The van der Waals surface area contributed by atoms with Crippen LogP contribution in [0.2, 0.25) is 10.3 Å². The van der Waals surface area contributed by atoms with Crippen LogP contribution in [0.1, 0.15) is 87.2 Å². The average Bonchev–Trinajstić information content (AvgIpc) is 2.92. The van der Waals surface area contributed by atoms with Crippen LogP contribution in [0.5, 0.6) is 0 Å². The van der Waals surface area contributed by atoms with Gasteiger partial charge in [0.05, 0.1) is 11.3 Å². The third kappa shape index (κ3) is 7.23. The first-order chi connectivity index (χ1) is 20.6. The fraction of sp³-hybridized carbons (Fsp3) is 0.514. The van der Waals surface area contributed by atoms with Crippen LogP contribution in [-0.2, 0) is 29.0 Å². The Kier molecular flexibility index (Phi) is 9.35. The lowest BCUT2D eigenvalue weighted by molar-refractivity contribution is -0.160. The van der Waals surface area contributed by atoms with Crippen LogP contribution >= 0.6 is 23.2 Å². The second-order valence-electron chi connectivity index (χ2n) is 14.0. The lowest BCUT2D eigenvalue weighted by atomic mass is 9.81. The molecule has 1 N–H and O–H groups in total. The van der Waals surface area contributed by atoms with Crippen LogP contribution in [0.25, 0.3) is 11.1 Å². The van der Waals surface area contributed by atoms with E-state index in [4.69, 9.17) is 32.9 Å². The minimum Gasteiger partial charge on any atom is -0.479 e. The van der Waals surface area contributed by atoms with Crippen LogP contribution < -0.4 is 4.90 Å².